The van der Waals surface area contributed by atoms with E-state index >= 15 is 0 Å². The Hall–Kier alpha value is -2.63. The minimum atomic E-state index is -0.782. The molecule has 0 aliphatic carbocycles. The Morgan fingerprint density at radius 1 is 0.260 bits per heavy atom. The lowest BCUT2D eigenvalue weighted by atomic mass is 10.0. The molecule has 0 N–H and O–H groups in total. The largest absolute Gasteiger partial charge is 0.462 e. The van der Waals surface area contributed by atoms with E-state index in [1.807, 2.05) is 0 Å². The van der Waals surface area contributed by atoms with E-state index in [0.717, 1.165) is 77.0 Å². The van der Waals surface area contributed by atoms with Crippen LogP contribution in [0.2, 0.25) is 0 Å². The number of carbonyl (C=O) groups is 3. The molecular weight excluding hydrogens is 949 g/mol. The molecular formula is C71H130O6. The molecule has 0 rings (SSSR count). The maximum Gasteiger partial charge on any atom is 0.306 e. The van der Waals surface area contributed by atoms with Crippen molar-refractivity contribution in [3.63, 3.8) is 0 Å². The predicted molar refractivity (Wildman–Crippen MR) is 335 cm³/mol. The lowest BCUT2D eigenvalue weighted by Crippen LogP contribution is -2.30. The lowest BCUT2D eigenvalue weighted by Gasteiger charge is -2.18. The molecule has 0 aromatic carbocycles. The smallest absolute Gasteiger partial charge is 0.306 e. The van der Waals surface area contributed by atoms with Crippen LogP contribution in [0.4, 0.5) is 0 Å². The topological polar surface area (TPSA) is 78.9 Å². The van der Waals surface area contributed by atoms with Crippen molar-refractivity contribution in [3.05, 3.63) is 48.6 Å². The molecule has 1 unspecified atom stereocenters. The number of unbranched alkanes of at least 4 members (excludes halogenated alkanes) is 44. The molecule has 0 radical (unpaired) electrons. The highest BCUT2D eigenvalue weighted by atomic mass is 16.6. The molecule has 0 saturated carbocycles. The first kappa shape index (κ1) is 74.4. The second-order valence-corrected chi connectivity index (χ2v) is 23.1. The number of ether oxygens (including phenoxy) is 3. The van der Waals surface area contributed by atoms with E-state index in [1.54, 1.807) is 0 Å². The van der Waals surface area contributed by atoms with Crippen LogP contribution in [0.1, 0.15) is 367 Å². The molecule has 0 fully saturated rings. The molecule has 6 nitrogen and oxygen atoms in total. The molecule has 0 aliphatic rings. The third-order valence-electron chi connectivity index (χ3n) is 15.3. The second kappa shape index (κ2) is 65.9. The van der Waals surface area contributed by atoms with E-state index in [9.17, 15) is 14.4 Å². The highest BCUT2D eigenvalue weighted by Crippen LogP contribution is 2.18. The zero-order valence-electron chi connectivity index (χ0n) is 51.7. The van der Waals surface area contributed by atoms with E-state index in [-0.39, 0.29) is 31.1 Å². The van der Waals surface area contributed by atoms with Crippen LogP contribution in [0.3, 0.4) is 0 Å². The Morgan fingerprint density at radius 2 is 0.468 bits per heavy atom. The van der Waals surface area contributed by atoms with Crippen molar-refractivity contribution in [3.8, 4) is 0 Å². The Bertz CT molecular complexity index is 1330. The standard InChI is InChI=1S/C71H130O6/c1-4-7-10-13-16-19-22-25-28-31-33-34-35-36-38-40-43-46-49-52-55-58-61-64-70(73)76-67-68(66-75-69(72)63-60-57-54-51-48-45-42-39-30-27-24-21-18-15-12-9-6-3)77-71(74)65-62-59-56-53-50-47-44-41-37-32-29-26-23-20-17-14-11-8-5-2/h17,20,26-27,29-30,37,41,68H,4-16,18-19,21-25,28,31-36,38-40,42-67H2,1-3H3/b20-17-,29-26-,30-27-,41-37-. The number of esters is 3. The quantitative estimate of drug-likeness (QED) is 0.0261. The van der Waals surface area contributed by atoms with Crippen LogP contribution >= 0.6 is 0 Å². The first-order chi connectivity index (χ1) is 38.0. The van der Waals surface area contributed by atoms with Gasteiger partial charge in [0.1, 0.15) is 13.2 Å². The lowest BCUT2D eigenvalue weighted by molar-refractivity contribution is -0.167. The van der Waals surface area contributed by atoms with Gasteiger partial charge in [0, 0.05) is 19.3 Å². The SMILES string of the molecule is CCCCC/C=C\C/C=C\C/C=C\CCCCCCCCC(=O)OC(COC(=O)CCCCCCCCC/C=C\CCCCCCCC)COC(=O)CCCCCCCCCCCCCCCCCCCCCCCCC. The summed E-state index contributed by atoms with van der Waals surface area (Å²) in [6.07, 6.45) is 82.7. The van der Waals surface area contributed by atoms with Crippen molar-refractivity contribution in [2.24, 2.45) is 0 Å². The summed E-state index contributed by atoms with van der Waals surface area (Å²) in [7, 11) is 0. The van der Waals surface area contributed by atoms with Gasteiger partial charge in [0.15, 0.2) is 6.10 Å². The molecule has 0 aromatic rings. The maximum atomic E-state index is 12.9. The highest BCUT2D eigenvalue weighted by Gasteiger charge is 2.19. The number of allylic oxidation sites excluding steroid dienone is 8. The van der Waals surface area contributed by atoms with Crippen molar-refractivity contribution >= 4 is 17.9 Å². The van der Waals surface area contributed by atoms with Crippen LogP contribution in [-0.4, -0.2) is 37.2 Å². The highest BCUT2D eigenvalue weighted by molar-refractivity contribution is 5.71. The van der Waals surface area contributed by atoms with Gasteiger partial charge in [-0.15, -0.1) is 0 Å². The molecule has 0 heterocycles. The van der Waals surface area contributed by atoms with Gasteiger partial charge in [-0.05, 0) is 83.5 Å². The van der Waals surface area contributed by atoms with E-state index < -0.39 is 6.10 Å². The van der Waals surface area contributed by atoms with Gasteiger partial charge in [-0.1, -0.05) is 313 Å². The van der Waals surface area contributed by atoms with Gasteiger partial charge in [0.05, 0.1) is 0 Å². The first-order valence-electron chi connectivity index (χ1n) is 34.1. The summed E-state index contributed by atoms with van der Waals surface area (Å²) < 4.78 is 17.0. The summed E-state index contributed by atoms with van der Waals surface area (Å²) >= 11 is 0. The molecule has 0 spiro atoms. The zero-order valence-corrected chi connectivity index (χ0v) is 51.7. The summed E-state index contributed by atoms with van der Waals surface area (Å²) in [6.45, 7) is 6.66. The van der Waals surface area contributed by atoms with E-state index in [4.69, 9.17) is 14.2 Å². The van der Waals surface area contributed by atoms with E-state index in [0.29, 0.717) is 19.3 Å². The molecule has 0 bridgehead atoms. The first-order valence-corrected chi connectivity index (χ1v) is 34.1. The average Bonchev–Trinajstić information content (AvgIpc) is 3.43. The number of hydrogen-bond donors (Lipinski definition) is 0. The van der Waals surface area contributed by atoms with Crippen molar-refractivity contribution in [2.75, 3.05) is 13.2 Å². The van der Waals surface area contributed by atoms with Crippen molar-refractivity contribution in [2.45, 2.75) is 374 Å². The van der Waals surface area contributed by atoms with Crippen molar-refractivity contribution < 1.29 is 28.6 Å². The van der Waals surface area contributed by atoms with Crippen molar-refractivity contribution in [1.82, 2.24) is 0 Å². The zero-order chi connectivity index (χ0) is 55.7. The summed E-state index contributed by atoms with van der Waals surface area (Å²) in [5, 5.41) is 0. The van der Waals surface area contributed by atoms with Gasteiger partial charge in [-0.25, -0.2) is 0 Å². The third-order valence-corrected chi connectivity index (χ3v) is 15.3. The maximum absolute atomic E-state index is 12.9. The summed E-state index contributed by atoms with van der Waals surface area (Å²) in [5.74, 6) is -0.869. The monoisotopic (exact) mass is 1080 g/mol. The molecule has 0 aromatic heterocycles. The molecule has 0 aliphatic heterocycles. The van der Waals surface area contributed by atoms with Crippen LogP contribution < -0.4 is 0 Å². The van der Waals surface area contributed by atoms with Crippen LogP contribution in [0, 0.1) is 0 Å². The Kier molecular flexibility index (Phi) is 63.6. The Morgan fingerprint density at radius 3 is 0.766 bits per heavy atom. The van der Waals surface area contributed by atoms with Gasteiger partial charge < -0.3 is 14.2 Å². The normalized spacial score (nSPS) is 12.3. The average molecular weight is 1080 g/mol. The molecule has 0 saturated heterocycles. The molecule has 450 valence electrons. The number of carbonyl (C=O) groups excluding carboxylic acids is 3. The number of hydrogen-bond acceptors (Lipinski definition) is 6. The van der Waals surface area contributed by atoms with E-state index in [1.165, 1.54) is 250 Å². The fourth-order valence-corrected chi connectivity index (χ4v) is 10.2. The molecule has 0 amide bonds. The molecule has 6 heteroatoms. The third kappa shape index (κ3) is 64.1. The minimum Gasteiger partial charge on any atom is -0.462 e. The number of rotatable bonds is 63. The van der Waals surface area contributed by atoms with Gasteiger partial charge in [0.25, 0.3) is 0 Å². The molecule has 77 heavy (non-hydrogen) atoms. The van der Waals surface area contributed by atoms with Crippen LogP contribution in [0.15, 0.2) is 48.6 Å². The summed E-state index contributed by atoms with van der Waals surface area (Å²) in [4.78, 5) is 38.4. The van der Waals surface area contributed by atoms with Crippen LogP contribution in [0.5, 0.6) is 0 Å². The van der Waals surface area contributed by atoms with Gasteiger partial charge in [-0.2, -0.15) is 0 Å². The predicted octanol–water partition coefficient (Wildman–Crippen LogP) is 23.3. The van der Waals surface area contributed by atoms with Gasteiger partial charge in [0.2, 0.25) is 0 Å². The van der Waals surface area contributed by atoms with Crippen LogP contribution in [-0.2, 0) is 28.6 Å². The minimum absolute atomic E-state index is 0.0760. The van der Waals surface area contributed by atoms with Gasteiger partial charge in [-0.3, -0.25) is 14.4 Å². The Balaban J connectivity index is 4.33. The van der Waals surface area contributed by atoms with Crippen molar-refractivity contribution in [1.29, 1.82) is 0 Å². The Labute approximate surface area is 479 Å². The summed E-state index contributed by atoms with van der Waals surface area (Å²) in [6, 6.07) is 0. The fourth-order valence-electron chi connectivity index (χ4n) is 10.2. The van der Waals surface area contributed by atoms with Crippen LogP contribution in [0.25, 0.3) is 0 Å². The fraction of sp³-hybridized carbons (Fsp3) is 0.845. The molecule has 1 atom stereocenters. The summed E-state index contributed by atoms with van der Waals surface area (Å²) in [5.41, 5.74) is 0. The van der Waals surface area contributed by atoms with Gasteiger partial charge >= 0.3 is 17.9 Å². The van der Waals surface area contributed by atoms with E-state index in [2.05, 4.69) is 69.4 Å². The second-order valence-electron chi connectivity index (χ2n) is 23.1.